The summed E-state index contributed by atoms with van der Waals surface area (Å²) in [6, 6.07) is 12.0. The molecule has 0 aliphatic carbocycles. The number of rotatable bonds is 5. The minimum Gasteiger partial charge on any atom is -0.393 e. The van der Waals surface area contributed by atoms with Crippen LogP contribution in [0.1, 0.15) is 22.8 Å². The molecule has 0 bridgehead atoms. The molecular formula is C23H19F3N4O2. The van der Waals surface area contributed by atoms with E-state index in [1.807, 2.05) is 25.1 Å². The van der Waals surface area contributed by atoms with Gasteiger partial charge in [-0.25, -0.2) is 9.97 Å². The lowest BCUT2D eigenvalue weighted by Crippen LogP contribution is -2.04. The fourth-order valence-corrected chi connectivity index (χ4v) is 3.37. The summed E-state index contributed by atoms with van der Waals surface area (Å²) in [7, 11) is 0. The minimum atomic E-state index is -4.39. The van der Waals surface area contributed by atoms with Gasteiger partial charge in [0.05, 0.1) is 23.4 Å². The number of nitrogens with zero attached hydrogens (tertiary/aromatic N) is 3. The molecular weight excluding hydrogens is 421 g/mol. The van der Waals surface area contributed by atoms with Gasteiger partial charge in [0.25, 0.3) is 0 Å². The van der Waals surface area contributed by atoms with Crippen LogP contribution in [-0.2, 0) is 6.18 Å². The summed E-state index contributed by atoms with van der Waals surface area (Å²) < 4.78 is 38.3. The van der Waals surface area contributed by atoms with E-state index in [4.69, 9.17) is 5.11 Å². The number of pyridine rings is 1. The average molecular weight is 440 g/mol. The molecule has 4 aromatic rings. The molecule has 0 saturated carbocycles. The van der Waals surface area contributed by atoms with Crippen LogP contribution in [0.3, 0.4) is 0 Å². The zero-order valence-corrected chi connectivity index (χ0v) is 16.9. The first-order chi connectivity index (χ1) is 15.3. The van der Waals surface area contributed by atoms with Crippen molar-refractivity contribution in [1.29, 1.82) is 0 Å². The van der Waals surface area contributed by atoms with Crippen molar-refractivity contribution in [2.75, 3.05) is 11.9 Å². The molecule has 0 aliphatic heterocycles. The number of aryl methyl sites for hydroxylation is 1. The average Bonchev–Trinajstić information content (AvgIpc) is 2.78. The van der Waals surface area contributed by atoms with Gasteiger partial charge in [0.15, 0.2) is 0 Å². The summed E-state index contributed by atoms with van der Waals surface area (Å²) in [4.78, 5) is 12.9. The SMILES string of the molecule is Cc1cc(C(O)CO)cnc1-c1ccc2c(Nc3ccc(C(F)(F)F)cc3)ncnc2c1. The van der Waals surface area contributed by atoms with Crippen molar-refractivity contribution >= 4 is 22.4 Å². The molecule has 0 saturated heterocycles. The lowest BCUT2D eigenvalue weighted by atomic mass is 10.0. The Kier molecular flexibility index (Phi) is 5.77. The Morgan fingerprint density at radius 3 is 2.41 bits per heavy atom. The summed E-state index contributed by atoms with van der Waals surface area (Å²) in [5.41, 5.74) is 3.24. The molecule has 0 fully saturated rings. The Labute approximate surface area is 181 Å². The van der Waals surface area contributed by atoms with Gasteiger partial charge in [0, 0.05) is 28.4 Å². The Bertz CT molecular complexity index is 1260. The number of hydrogen-bond acceptors (Lipinski definition) is 6. The lowest BCUT2D eigenvalue weighted by Gasteiger charge is -2.13. The van der Waals surface area contributed by atoms with Gasteiger partial charge in [-0.05, 0) is 55.0 Å². The molecule has 0 aliphatic rings. The zero-order chi connectivity index (χ0) is 22.9. The third-order valence-electron chi connectivity index (χ3n) is 5.04. The lowest BCUT2D eigenvalue weighted by molar-refractivity contribution is -0.137. The number of halogens is 3. The van der Waals surface area contributed by atoms with Crippen molar-refractivity contribution in [1.82, 2.24) is 15.0 Å². The third kappa shape index (κ3) is 4.39. The number of fused-ring (bicyclic) bond motifs is 1. The Balaban J connectivity index is 1.64. The van der Waals surface area contributed by atoms with Gasteiger partial charge in [-0.15, -0.1) is 0 Å². The number of aliphatic hydroxyl groups excluding tert-OH is 2. The molecule has 1 unspecified atom stereocenters. The highest BCUT2D eigenvalue weighted by molar-refractivity contribution is 5.93. The van der Waals surface area contributed by atoms with Gasteiger partial charge in [0.1, 0.15) is 18.2 Å². The number of alkyl halides is 3. The second kappa shape index (κ2) is 8.52. The maximum atomic E-state index is 12.8. The van der Waals surface area contributed by atoms with E-state index in [9.17, 15) is 18.3 Å². The normalized spacial score (nSPS) is 12.7. The predicted molar refractivity (Wildman–Crippen MR) is 114 cm³/mol. The molecule has 6 nitrogen and oxygen atoms in total. The number of aliphatic hydroxyl groups is 2. The van der Waals surface area contributed by atoms with Crippen molar-refractivity contribution in [3.63, 3.8) is 0 Å². The van der Waals surface area contributed by atoms with E-state index in [0.29, 0.717) is 33.7 Å². The molecule has 1 atom stereocenters. The molecule has 2 aromatic heterocycles. The fraction of sp³-hybridized carbons (Fsp3) is 0.174. The third-order valence-corrected chi connectivity index (χ3v) is 5.04. The quantitative estimate of drug-likeness (QED) is 0.413. The van der Waals surface area contributed by atoms with E-state index >= 15 is 0 Å². The largest absolute Gasteiger partial charge is 0.416 e. The second-order valence-corrected chi connectivity index (χ2v) is 7.29. The monoisotopic (exact) mass is 440 g/mol. The molecule has 0 radical (unpaired) electrons. The summed E-state index contributed by atoms with van der Waals surface area (Å²) in [6.07, 6.45) is -2.49. The van der Waals surface area contributed by atoms with E-state index in [1.54, 1.807) is 6.07 Å². The summed E-state index contributed by atoms with van der Waals surface area (Å²) in [6.45, 7) is 1.47. The number of benzene rings is 2. The van der Waals surface area contributed by atoms with Crippen LogP contribution in [-0.4, -0.2) is 31.8 Å². The van der Waals surface area contributed by atoms with Crippen LogP contribution in [0.5, 0.6) is 0 Å². The first-order valence-corrected chi connectivity index (χ1v) is 9.71. The smallest absolute Gasteiger partial charge is 0.393 e. The minimum absolute atomic E-state index is 0.387. The van der Waals surface area contributed by atoms with Crippen molar-refractivity contribution in [3.8, 4) is 11.3 Å². The van der Waals surface area contributed by atoms with Gasteiger partial charge in [-0.2, -0.15) is 13.2 Å². The summed E-state index contributed by atoms with van der Waals surface area (Å²) >= 11 is 0. The highest BCUT2D eigenvalue weighted by Crippen LogP contribution is 2.32. The maximum absolute atomic E-state index is 12.8. The molecule has 2 heterocycles. The van der Waals surface area contributed by atoms with E-state index in [1.165, 1.54) is 24.7 Å². The van der Waals surface area contributed by atoms with Gasteiger partial charge in [0.2, 0.25) is 0 Å². The topological polar surface area (TPSA) is 91.2 Å². The number of nitrogens with one attached hydrogen (secondary N) is 1. The van der Waals surface area contributed by atoms with Gasteiger partial charge >= 0.3 is 6.18 Å². The Morgan fingerprint density at radius 1 is 1.00 bits per heavy atom. The molecule has 0 spiro atoms. The van der Waals surface area contributed by atoms with E-state index in [2.05, 4.69) is 20.3 Å². The number of anilines is 2. The van der Waals surface area contributed by atoms with Gasteiger partial charge in [-0.1, -0.05) is 6.07 Å². The first kappa shape index (κ1) is 21.7. The van der Waals surface area contributed by atoms with Crippen molar-refractivity contribution in [2.45, 2.75) is 19.2 Å². The van der Waals surface area contributed by atoms with Crippen LogP contribution in [0.15, 0.2) is 61.1 Å². The van der Waals surface area contributed by atoms with Crippen LogP contribution in [0.2, 0.25) is 0 Å². The van der Waals surface area contributed by atoms with Crippen molar-refractivity contribution in [3.05, 3.63) is 77.7 Å². The summed E-state index contributed by atoms with van der Waals surface area (Å²) in [5.74, 6) is 0.465. The molecule has 32 heavy (non-hydrogen) atoms. The van der Waals surface area contributed by atoms with E-state index < -0.39 is 17.8 Å². The van der Waals surface area contributed by atoms with E-state index in [0.717, 1.165) is 23.3 Å². The highest BCUT2D eigenvalue weighted by atomic mass is 19.4. The Hall–Kier alpha value is -3.56. The predicted octanol–water partition coefficient (Wildman–Crippen LogP) is 4.79. The highest BCUT2D eigenvalue weighted by Gasteiger charge is 2.29. The summed E-state index contributed by atoms with van der Waals surface area (Å²) in [5, 5.41) is 22.6. The molecule has 0 amide bonds. The van der Waals surface area contributed by atoms with Crippen LogP contribution < -0.4 is 5.32 Å². The second-order valence-electron chi connectivity index (χ2n) is 7.29. The van der Waals surface area contributed by atoms with Gasteiger partial charge in [-0.3, -0.25) is 4.98 Å². The molecule has 3 N–H and O–H groups in total. The molecule has 2 aromatic carbocycles. The van der Waals surface area contributed by atoms with Crippen LogP contribution >= 0.6 is 0 Å². The number of aromatic nitrogens is 3. The van der Waals surface area contributed by atoms with Gasteiger partial charge < -0.3 is 15.5 Å². The van der Waals surface area contributed by atoms with Crippen LogP contribution in [0, 0.1) is 6.92 Å². The standard InChI is InChI=1S/C23H19F3N4O2/c1-13-8-15(20(32)11-31)10-27-21(13)14-2-7-18-19(9-14)28-12-29-22(18)30-17-5-3-16(4-6-17)23(24,25)26/h2-10,12,20,31-32H,11H2,1H3,(H,28,29,30). The van der Waals surface area contributed by atoms with Crippen molar-refractivity contribution in [2.24, 2.45) is 0 Å². The first-order valence-electron chi connectivity index (χ1n) is 9.71. The fourth-order valence-electron chi connectivity index (χ4n) is 3.37. The Morgan fingerprint density at radius 2 is 1.75 bits per heavy atom. The van der Waals surface area contributed by atoms with E-state index in [-0.39, 0.29) is 6.61 Å². The molecule has 9 heteroatoms. The van der Waals surface area contributed by atoms with Crippen LogP contribution in [0.4, 0.5) is 24.7 Å². The number of hydrogen-bond donors (Lipinski definition) is 3. The zero-order valence-electron chi connectivity index (χ0n) is 16.9. The van der Waals surface area contributed by atoms with Crippen molar-refractivity contribution < 1.29 is 23.4 Å². The van der Waals surface area contributed by atoms with Crippen LogP contribution in [0.25, 0.3) is 22.2 Å². The molecule has 164 valence electrons. The maximum Gasteiger partial charge on any atom is 0.416 e. The molecule has 4 rings (SSSR count).